The van der Waals surface area contributed by atoms with Gasteiger partial charge in [-0.3, -0.25) is 14.4 Å². The number of carbonyl (C=O) groups is 3. The SMILES string of the molecule is O=C(NCCNC(=O)c1cccc(NC(=O)c2ccc(Br)o2)c1)c1ccc(O)cc1. The summed E-state index contributed by atoms with van der Waals surface area (Å²) in [5, 5.41) is 17.3. The summed E-state index contributed by atoms with van der Waals surface area (Å²) in [5.74, 6) is -0.866. The maximum absolute atomic E-state index is 12.3. The third kappa shape index (κ3) is 5.71. The van der Waals surface area contributed by atoms with Gasteiger partial charge in [0.15, 0.2) is 10.4 Å². The zero-order chi connectivity index (χ0) is 21.5. The summed E-state index contributed by atoms with van der Waals surface area (Å²) in [6.45, 7) is 0.453. The van der Waals surface area contributed by atoms with Gasteiger partial charge in [0.05, 0.1) is 0 Å². The van der Waals surface area contributed by atoms with Crippen LogP contribution in [-0.4, -0.2) is 35.9 Å². The number of rotatable bonds is 7. The summed E-state index contributed by atoms with van der Waals surface area (Å²) in [5.41, 5.74) is 1.21. The molecule has 0 unspecified atom stereocenters. The molecule has 0 aliphatic carbocycles. The van der Waals surface area contributed by atoms with Gasteiger partial charge in [-0.1, -0.05) is 6.07 Å². The lowest BCUT2D eigenvalue weighted by molar-refractivity contribution is 0.0927. The molecule has 3 amide bonds. The first-order chi connectivity index (χ1) is 14.4. The van der Waals surface area contributed by atoms with E-state index in [1.165, 1.54) is 30.3 Å². The molecule has 0 aliphatic heterocycles. The topological polar surface area (TPSA) is 121 Å². The van der Waals surface area contributed by atoms with E-state index in [1.54, 1.807) is 30.3 Å². The number of benzene rings is 2. The molecule has 4 N–H and O–H groups in total. The monoisotopic (exact) mass is 471 g/mol. The molecule has 0 saturated heterocycles. The Hall–Kier alpha value is -3.59. The number of phenols is 1. The van der Waals surface area contributed by atoms with Gasteiger partial charge in [-0.2, -0.15) is 0 Å². The Balaban J connectivity index is 1.48. The molecule has 2 aromatic carbocycles. The molecule has 3 aromatic rings. The van der Waals surface area contributed by atoms with Crippen molar-refractivity contribution in [2.24, 2.45) is 0 Å². The third-order valence-electron chi connectivity index (χ3n) is 4.01. The maximum Gasteiger partial charge on any atom is 0.291 e. The van der Waals surface area contributed by atoms with Gasteiger partial charge in [0, 0.05) is 29.9 Å². The highest BCUT2D eigenvalue weighted by Crippen LogP contribution is 2.17. The van der Waals surface area contributed by atoms with Crippen LogP contribution in [0.5, 0.6) is 5.75 Å². The van der Waals surface area contributed by atoms with Crippen molar-refractivity contribution in [2.75, 3.05) is 18.4 Å². The summed E-state index contributed by atoms with van der Waals surface area (Å²) in [6.07, 6.45) is 0. The highest BCUT2D eigenvalue weighted by atomic mass is 79.9. The molecule has 0 saturated carbocycles. The molecule has 154 valence electrons. The zero-order valence-electron chi connectivity index (χ0n) is 15.6. The van der Waals surface area contributed by atoms with Crippen molar-refractivity contribution in [1.29, 1.82) is 0 Å². The lowest BCUT2D eigenvalue weighted by Crippen LogP contribution is -2.34. The van der Waals surface area contributed by atoms with Crippen LogP contribution >= 0.6 is 15.9 Å². The van der Waals surface area contributed by atoms with Crippen LogP contribution in [0.25, 0.3) is 0 Å². The first-order valence-corrected chi connectivity index (χ1v) is 9.74. The average Bonchev–Trinajstić information content (AvgIpc) is 3.18. The molecule has 0 radical (unpaired) electrons. The average molecular weight is 472 g/mol. The van der Waals surface area contributed by atoms with E-state index in [-0.39, 0.29) is 36.4 Å². The lowest BCUT2D eigenvalue weighted by atomic mass is 10.2. The molecule has 0 fully saturated rings. The minimum atomic E-state index is -0.435. The van der Waals surface area contributed by atoms with Gasteiger partial charge >= 0.3 is 0 Å². The molecule has 1 aromatic heterocycles. The number of hydrogen-bond donors (Lipinski definition) is 4. The largest absolute Gasteiger partial charge is 0.508 e. The van der Waals surface area contributed by atoms with Crippen LogP contribution in [0.3, 0.4) is 0 Å². The van der Waals surface area contributed by atoms with Crippen molar-refractivity contribution in [3.05, 3.63) is 82.2 Å². The number of nitrogens with one attached hydrogen (secondary N) is 3. The molecule has 1 heterocycles. The Morgan fingerprint density at radius 1 is 0.833 bits per heavy atom. The van der Waals surface area contributed by atoms with E-state index >= 15 is 0 Å². The molecule has 3 rings (SSSR count). The number of carbonyl (C=O) groups excluding carboxylic acids is 3. The second-order valence-electron chi connectivity index (χ2n) is 6.20. The number of phenolic OH excluding ortho intramolecular Hbond substituents is 1. The first kappa shape index (κ1) is 21.1. The number of hydrogen-bond acceptors (Lipinski definition) is 5. The van der Waals surface area contributed by atoms with Crippen LogP contribution in [0, 0.1) is 0 Å². The standard InChI is InChI=1S/C21H18BrN3O5/c22-18-9-8-17(30-18)21(29)25-15-3-1-2-14(12-15)20(28)24-11-10-23-19(27)13-4-6-16(26)7-5-13/h1-9,12,26H,10-11H2,(H,23,27)(H,24,28)(H,25,29). The third-order valence-corrected chi connectivity index (χ3v) is 4.43. The van der Waals surface area contributed by atoms with E-state index in [0.29, 0.717) is 21.5 Å². The molecule has 0 aliphatic rings. The van der Waals surface area contributed by atoms with Crippen LogP contribution in [0.15, 0.2) is 69.8 Å². The summed E-state index contributed by atoms with van der Waals surface area (Å²) in [7, 11) is 0. The first-order valence-electron chi connectivity index (χ1n) is 8.94. The van der Waals surface area contributed by atoms with Gasteiger partial charge in [0.1, 0.15) is 5.75 Å². The maximum atomic E-state index is 12.3. The van der Waals surface area contributed by atoms with E-state index in [0.717, 1.165) is 0 Å². The second-order valence-corrected chi connectivity index (χ2v) is 6.98. The minimum Gasteiger partial charge on any atom is -0.508 e. The quantitative estimate of drug-likeness (QED) is 0.394. The van der Waals surface area contributed by atoms with E-state index in [9.17, 15) is 19.5 Å². The normalized spacial score (nSPS) is 10.3. The van der Waals surface area contributed by atoms with Crippen LogP contribution in [0.1, 0.15) is 31.3 Å². The molecule has 0 spiro atoms. The number of halogens is 1. The van der Waals surface area contributed by atoms with E-state index < -0.39 is 5.91 Å². The Labute approximate surface area is 180 Å². The fourth-order valence-electron chi connectivity index (χ4n) is 2.54. The van der Waals surface area contributed by atoms with Crippen molar-refractivity contribution in [1.82, 2.24) is 10.6 Å². The number of furan rings is 1. The molecule has 8 nitrogen and oxygen atoms in total. The van der Waals surface area contributed by atoms with Crippen molar-refractivity contribution in [3.8, 4) is 5.75 Å². The predicted molar refractivity (Wildman–Crippen MR) is 114 cm³/mol. The summed E-state index contributed by atoms with van der Waals surface area (Å²) in [6, 6.07) is 15.5. The van der Waals surface area contributed by atoms with Crippen molar-refractivity contribution >= 4 is 39.3 Å². The van der Waals surface area contributed by atoms with Crippen LogP contribution in [0.2, 0.25) is 0 Å². The molecule has 9 heteroatoms. The zero-order valence-corrected chi connectivity index (χ0v) is 17.2. The minimum absolute atomic E-state index is 0.0780. The predicted octanol–water partition coefficient (Wildman–Crippen LogP) is 3.16. The Morgan fingerprint density at radius 3 is 2.13 bits per heavy atom. The van der Waals surface area contributed by atoms with Gasteiger partial charge in [-0.25, -0.2) is 0 Å². The van der Waals surface area contributed by atoms with Gasteiger partial charge in [-0.05, 0) is 70.5 Å². The Kier molecular flexibility index (Phi) is 6.87. The smallest absolute Gasteiger partial charge is 0.291 e. The Morgan fingerprint density at radius 2 is 1.50 bits per heavy atom. The second kappa shape index (κ2) is 9.75. The van der Waals surface area contributed by atoms with Gasteiger partial charge < -0.3 is 25.5 Å². The Bertz CT molecular complexity index is 1060. The fraction of sp³-hybridized carbons (Fsp3) is 0.0952. The summed E-state index contributed by atoms with van der Waals surface area (Å²) >= 11 is 3.14. The molecular formula is C21H18BrN3O5. The van der Waals surface area contributed by atoms with Crippen molar-refractivity contribution in [2.45, 2.75) is 0 Å². The molecule has 0 atom stereocenters. The molecule has 30 heavy (non-hydrogen) atoms. The number of amides is 3. The van der Waals surface area contributed by atoms with Crippen molar-refractivity contribution < 1.29 is 23.9 Å². The highest BCUT2D eigenvalue weighted by molar-refractivity contribution is 9.10. The van der Waals surface area contributed by atoms with Gasteiger partial charge in [0.25, 0.3) is 17.7 Å². The van der Waals surface area contributed by atoms with Gasteiger partial charge in [-0.15, -0.1) is 0 Å². The summed E-state index contributed by atoms with van der Waals surface area (Å²) in [4.78, 5) is 36.4. The van der Waals surface area contributed by atoms with Crippen LogP contribution < -0.4 is 16.0 Å². The fourth-order valence-corrected chi connectivity index (χ4v) is 2.84. The highest BCUT2D eigenvalue weighted by Gasteiger charge is 2.12. The number of aromatic hydroxyl groups is 1. The van der Waals surface area contributed by atoms with E-state index in [4.69, 9.17) is 4.42 Å². The van der Waals surface area contributed by atoms with Gasteiger partial charge in [0.2, 0.25) is 0 Å². The summed E-state index contributed by atoms with van der Waals surface area (Å²) < 4.78 is 5.64. The number of anilines is 1. The lowest BCUT2D eigenvalue weighted by Gasteiger charge is -2.09. The van der Waals surface area contributed by atoms with E-state index in [1.807, 2.05) is 0 Å². The van der Waals surface area contributed by atoms with Crippen LogP contribution in [-0.2, 0) is 0 Å². The van der Waals surface area contributed by atoms with Crippen molar-refractivity contribution in [3.63, 3.8) is 0 Å². The van der Waals surface area contributed by atoms with E-state index in [2.05, 4.69) is 31.9 Å². The molecular weight excluding hydrogens is 454 g/mol. The van der Waals surface area contributed by atoms with Crippen LogP contribution in [0.4, 0.5) is 5.69 Å². The molecule has 0 bridgehead atoms.